The summed E-state index contributed by atoms with van der Waals surface area (Å²) in [4.78, 5) is 35.6. The standard InChI is InChI=1S/C20H22N2O4/c1-15(19(24)22-17-11-6-3-7-12-17)26-18(23)13-8-14-21-20(25)16-9-4-2-5-10-16/h2-7,9-12,15H,8,13-14H2,1H3,(H,21,25)(H,22,24). The predicted octanol–water partition coefficient (Wildman–Crippen LogP) is 2.77. The molecule has 136 valence electrons. The van der Waals surface area contributed by atoms with Gasteiger partial charge in [-0.1, -0.05) is 36.4 Å². The van der Waals surface area contributed by atoms with Gasteiger partial charge in [-0.15, -0.1) is 0 Å². The van der Waals surface area contributed by atoms with Crippen LogP contribution in [-0.2, 0) is 14.3 Å². The van der Waals surface area contributed by atoms with Gasteiger partial charge in [-0.25, -0.2) is 0 Å². The van der Waals surface area contributed by atoms with Crippen molar-refractivity contribution in [2.45, 2.75) is 25.9 Å². The van der Waals surface area contributed by atoms with E-state index in [2.05, 4.69) is 10.6 Å². The van der Waals surface area contributed by atoms with Crippen molar-refractivity contribution in [3.63, 3.8) is 0 Å². The van der Waals surface area contributed by atoms with Crippen LogP contribution < -0.4 is 10.6 Å². The van der Waals surface area contributed by atoms with Crippen molar-refractivity contribution in [3.8, 4) is 0 Å². The molecule has 2 rings (SSSR count). The Kier molecular flexibility index (Phi) is 7.36. The number of rotatable bonds is 8. The molecule has 0 aliphatic rings. The van der Waals surface area contributed by atoms with Crippen LogP contribution in [0, 0.1) is 0 Å². The maximum absolute atomic E-state index is 12.0. The van der Waals surface area contributed by atoms with Crippen LogP contribution in [-0.4, -0.2) is 30.4 Å². The number of carbonyl (C=O) groups excluding carboxylic acids is 3. The van der Waals surface area contributed by atoms with Crippen molar-refractivity contribution in [1.29, 1.82) is 0 Å². The summed E-state index contributed by atoms with van der Waals surface area (Å²) in [5.74, 6) is -1.05. The van der Waals surface area contributed by atoms with E-state index in [9.17, 15) is 14.4 Å². The van der Waals surface area contributed by atoms with E-state index in [-0.39, 0.29) is 18.2 Å². The van der Waals surface area contributed by atoms with E-state index in [1.54, 1.807) is 48.5 Å². The highest BCUT2D eigenvalue weighted by molar-refractivity contribution is 5.95. The quantitative estimate of drug-likeness (QED) is 0.564. The van der Waals surface area contributed by atoms with E-state index in [1.807, 2.05) is 12.1 Å². The van der Waals surface area contributed by atoms with Crippen LogP contribution in [0.25, 0.3) is 0 Å². The molecule has 0 heterocycles. The second kappa shape index (κ2) is 9.98. The summed E-state index contributed by atoms with van der Waals surface area (Å²) in [6, 6.07) is 17.8. The van der Waals surface area contributed by atoms with Crippen LogP contribution in [0.15, 0.2) is 60.7 Å². The van der Waals surface area contributed by atoms with E-state index in [4.69, 9.17) is 4.74 Å². The average Bonchev–Trinajstić information content (AvgIpc) is 2.66. The molecule has 0 aliphatic heterocycles. The number of carbonyl (C=O) groups is 3. The molecule has 1 unspecified atom stereocenters. The van der Waals surface area contributed by atoms with E-state index >= 15 is 0 Å². The van der Waals surface area contributed by atoms with Crippen LogP contribution in [0.1, 0.15) is 30.1 Å². The Bertz CT molecular complexity index is 732. The third kappa shape index (κ3) is 6.39. The average molecular weight is 354 g/mol. The van der Waals surface area contributed by atoms with Gasteiger partial charge >= 0.3 is 5.97 Å². The van der Waals surface area contributed by atoms with Crippen LogP contribution in [0.3, 0.4) is 0 Å². The van der Waals surface area contributed by atoms with E-state index in [1.165, 1.54) is 6.92 Å². The zero-order valence-electron chi connectivity index (χ0n) is 14.6. The molecule has 0 saturated carbocycles. The third-order valence-electron chi connectivity index (χ3n) is 3.60. The molecule has 1 atom stereocenters. The number of esters is 1. The predicted molar refractivity (Wildman–Crippen MR) is 98.6 cm³/mol. The van der Waals surface area contributed by atoms with Gasteiger partial charge in [0.05, 0.1) is 0 Å². The van der Waals surface area contributed by atoms with Gasteiger partial charge in [0.15, 0.2) is 6.10 Å². The molecule has 26 heavy (non-hydrogen) atoms. The van der Waals surface area contributed by atoms with Gasteiger partial charge < -0.3 is 15.4 Å². The molecule has 6 nitrogen and oxygen atoms in total. The van der Waals surface area contributed by atoms with Gasteiger partial charge in [0.2, 0.25) is 0 Å². The van der Waals surface area contributed by atoms with Crippen molar-refractivity contribution in [1.82, 2.24) is 5.32 Å². The van der Waals surface area contributed by atoms with Crippen molar-refractivity contribution in [2.24, 2.45) is 0 Å². The molecule has 0 bridgehead atoms. The lowest BCUT2D eigenvalue weighted by atomic mass is 10.2. The zero-order valence-corrected chi connectivity index (χ0v) is 14.6. The molecule has 2 aromatic rings. The van der Waals surface area contributed by atoms with Crippen molar-refractivity contribution >= 4 is 23.5 Å². The highest BCUT2D eigenvalue weighted by Gasteiger charge is 2.17. The molecular formula is C20H22N2O4. The van der Waals surface area contributed by atoms with Crippen LogP contribution in [0.4, 0.5) is 5.69 Å². The van der Waals surface area contributed by atoms with Crippen molar-refractivity contribution in [3.05, 3.63) is 66.2 Å². The largest absolute Gasteiger partial charge is 0.453 e. The van der Waals surface area contributed by atoms with Crippen LogP contribution >= 0.6 is 0 Å². The Morgan fingerprint density at radius 2 is 1.58 bits per heavy atom. The number of hydrogen-bond donors (Lipinski definition) is 2. The Balaban J connectivity index is 1.65. The monoisotopic (exact) mass is 354 g/mol. The molecule has 6 heteroatoms. The fourth-order valence-corrected chi connectivity index (χ4v) is 2.20. The van der Waals surface area contributed by atoms with Gasteiger partial charge in [-0.3, -0.25) is 14.4 Å². The van der Waals surface area contributed by atoms with Crippen LogP contribution in [0.5, 0.6) is 0 Å². The van der Waals surface area contributed by atoms with Crippen LogP contribution in [0.2, 0.25) is 0 Å². The SMILES string of the molecule is CC(OC(=O)CCCNC(=O)c1ccccc1)C(=O)Nc1ccccc1. The van der Waals surface area contributed by atoms with Crippen molar-refractivity contribution < 1.29 is 19.1 Å². The van der Waals surface area contributed by atoms with Gasteiger partial charge in [0, 0.05) is 24.2 Å². The molecule has 0 saturated heterocycles. The fraction of sp³-hybridized carbons (Fsp3) is 0.250. The highest BCUT2D eigenvalue weighted by Crippen LogP contribution is 2.07. The zero-order chi connectivity index (χ0) is 18.8. The van der Waals surface area contributed by atoms with Gasteiger partial charge in [0.25, 0.3) is 11.8 Å². The lowest BCUT2D eigenvalue weighted by Crippen LogP contribution is -2.30. The molecule has 0 aromatic heterocycles. The summed E-state index contributed by atoms with van der Waals surface area (Å²) in [5, 5.41) is 5.41. The normalized spacial score (nSPS) is 11.3. The van der Waals surface area contributed by atoms with E-state index < -0.39 is 12.1 Å². The molecule has 2 aromatic carbocycles. The second-order valence-corrected chi connectivity index (χ2v) is 5.71. The smallest absolute Gasteiger partial charge is 0.306 e. The number of benzene rings is 2. The minimum atomic E-state index is -0.887. The maximum atomic E-state index is 12.0. The first-order valence-corrected chi connectivity index (χ1v) is 8.45. The third-order valence-corrected chi connectivity index (χ3v) is 3.60. The first kappa shape index (κ1) is 19.2. The summed E-state index contributed by atoms with van der Waals surface area (Å²) >= 11 is 0. The fourth-order valence-electron chi connectivity index (χ4n) is 2.20. The number of anilines is 1. The highest BCUT2D eigenvalue weighted by atomic mass is 16.5. The summed E-state index contributed by atoms with van der Waals surface area (Å²) in [7, 11) is 0. The van der Waals surface area contributed by atoms with Crippen molar-refractivity contribution in [2.75, 3.05) is 11.9 Å². The number of hydrogen-bond acceptors (Lipinski definition) is 4. The summed E-state index contributed by atoms with van der Waals surface area (Å²) in [5.41, 5.74) is 1.21. The Hall–Kier alpha value is -3.15. The number of para-hydroxylation sites is 1. The summed E-state index contributed by atoms with van der Waals surface area (Å²) in [6.45, 7) is 1.88. The Morgan fingerprint density at radius 1 is 0.962 bits per heavy atom. The molecule has 0 radical (unpaired) electrons. The van der Waals surface area contributed by atoms with E-state index in [0.29, 0.717) is 24.2 Å². The van der Waals surface area contributed by atoms with Gasteiger partial charge in [0.1, 0.15) is 0 Å². The topological polar surface area (TPSA) is 84.5 Å². The number of ether oxygens (including phenoxy) is 1. The minimum absolute atomic E-state index is 0.123. The van der Waals surface area contributed by atoms with Gasteiger partial charge in [-0.2, -0.15) is 0 Å². The first-order valence-electron chi connectivity index (χ1n) is 8.45. The molecule has 0 fully saturated rings. The second-order valence-electron chi connectivity index (χ2n) is 5.71. The Morgan fingerprint density at radius 3 is 2.23 bits per heavy atom. The molecule has 0 aliphatic carbocycles. The summed E-state index contributed by atoms with van der Waals surface area (Å²) in [6.07, 6.45) is -0.329. The van der Waals surface area contributed by atoms with Gasteiger partial charge in [-0.05, 0) is 37.6 Å². The van der Waals surface area contributed by atoms with E-state index in [0.717, 1.165) is 0 Å². The molecular weight excluding hydrogens is 332 g/mol. The molecule has 2 N–H and O–H groups in total. The lowest BCUT2D eigenvalue weighted by molar-refractivity contribution is -0.153. The summed E-state index contributed by atoms with van der Waals surface area (Å²) < 4.78 is 5.11. The molecule has 0 spiro atoms. The maximum Gasteiger partial charge on any atom is 0.306 e. The molecule has 2 amide bonds. The minimum Gasteiger partial charge on any atom is -0.453 e. The first-order chi connectivity index (χ1) is 12.6. The lowest BCUT2D eigenvalue weighted by Gasteiger charge is -2.13. The number of nitrogens with one attached hydrogen (secondary N) is 2. The Labute approximate surface area is 152 Å². The number of amides is 2.